The molecule has 0 atom stereocenters. The molecule has 0 unspecified atom stereocenters. The summed E-state index contributed by atoms with van der Waals surface area (Å²) >= 11 is 0. The van der Waals surface area contributed by atoms with E-state index in [4.69, 9.17) is 9.31 Å². The molecule has 0 amide bonds. The van der Waals surface area contributed by atoms with Crippen LogP contribution in [0.1, 0.15) is 38.8 Å². The predicted molar refractivity (Wildman–Crippen MR) is 88.9 cm³/mol. The molecule has 2 rings (SSSR count). The van der Waals surface area contributed by atoms with Gasteiger partial charge in [-0.25, -0.2) is 8.78 Å². The SMILES string of the molecule is CN(C)Cc1c(F)cc(C=CB2OC(C)(C)C(C)(C)O2)cc1F. The van der Waals surface area contributed by atoms with Gasteiger partial charge in [0.2, 0.25) is 0 Å². The smallest absolute Gasteiger partial charge is 0.400 e. The molecule has 0 aliphatic carbocycles. The lowest BCUT2D eigenvalue weighted by molar-refractivity contribution is 0.00578. The number of nitrogens with zero attached hydrogens (tertiary/aromatic N) is 1. The van der Waals surface area contributed by atoms with Crippen molar-refractivity contribution in [3.8, 4) is 0 Å². The van der Waals surface area contributed by atoms with E-state index in [2.05, 4.69) is 0 Å². The highest BCUT2D eigenvalue weighted by atomic mass is 19.1. The molecular formula is C17H24BF2NO2. The molecule has 0 spiro atoms. The lowest BCUT2D eigenvalue weighted by Crippen LogP contribution is -2.41. The summed E-state index contributed by atoms with van der Waals surface area (Å²) in [5.74, 6) is 0.579. The van der Waals surface area contributed by atoms with Crippen LogP contribution < -0.4 is 0 Å². The summed E-state index contributed by atoms with van der Waals surface area (Å²) in [4.78, 5) is 1.72. The average molecular weight is 323 g/mol. The van der Waals surface area contributed by atoms with Crippen LogP contribution in [-0.4, -0.2) is 37.3 Å². The van der Waals surface area contributed by atoms with E-state index in [1.165, 1.54) is 12.1 Å². The van der Waals surface area contributed by atoms with Crippen molar-refractivity contribution in [2.75, 3.05) is 14.1 Å². The molecule has 1 aliphatic heterocycles. The van der Waals surface area contributed by atoms with Crippen LogP contribution >= 0.6 is 0 Å². The maximum Gasteiger partial charge on any atom is 0.487 e. The zero-order valence-corrected chi connectivity index (χ0v) is 14.6. The quantitative estimate of drug-likeness (QED) is 0.789. The third-order valence-corrected chi connectivity index (χ3v) is 4.35. The van der Waals surface area contributed by atoms with Crippen LogP contribution in [0, 0.1) is 11.6 Å². The van der Waals surface area contributed by atoms with Gasteiger partial charge in [-0.3, -0.25) is 0 Å². The van der Waals surface area contributed by atoms with E-state index in [0.717, 1.165) is 0 Å². The van der Waals surface area contributed by atoms with Crippen LogP contribution in [0.25, 0.3) is 6.08 Å². The minimum absolute atomic E-state index is 0.0720. The molecule has 1 heterocycles. The van der Waals surface area contributed by atoms with Gasteiger partial charge in [-0.15, -0.1) is 0 Å². The molecule has 1 fully saturated rings. The van der Waals surface area contributed by atoms with Gasteiger partial charge < -0.3 is 14.2 Å². The van der Waals surface area contributed by atoms with E-state index in [1.807, 2.05) is 27.7 Å². The predicted octanol–water partition coefficient (Wildman–Crippen LogP) is 3.67. The Balaban J connectivity index is 2.15. The fraction of sp³-hybridized carbons (Fsp3) is 0.529. The highest BCUT2D eigenvalue weighted by molar-refractivity contribution is 6.52. The fourth-order valence-electron chi connectivity index (χ4n) is 2.34. The average Bonchev–Trinajstić information content (AvgIpc) is 2.59. The zero-order valence-electron chi connectivity index (χ0n) is 14.6. The van der Waals surface area contributed by atoms with Crippen molar-refractivity contribution < 1.29 is 18.1 Å². The zero-order chi connectivity index (χ0) is 17.4. The second-order valence-corrected chi connectivity index (χ2v) is 7.18. The number of benzene rings is 1. The molecule has 0 radical (unpaired) electrons. The number of hydrogen-bond donors (Lipinski definition) is 0. The van der Waals surface area contributed by atoms with Crippen molar-refractivity contribution >= 4 is 13.2 Å². The Hall–Kier alpha value is -1.24. The molecule has 3 nitrogen and oxygen atoms in total. The highest BCUT2D eigenvalue weighted by Gasteiger charge is 2.49. The monoisotopic (exact) mass is 323 g/mol. The van der Waals surface area contributed by atoms with E-state index in [1.54, 1.807) is 31.0 Å². The van der Waals surface area contributed by atoms with E-state index in [0.29, 0.717) is 5.56 Å². The largest absolute Gasteiger partial charge is 0.487 e. The number of halogens is 2. The maximum absolute atomic E-state index is 14.1. The molecule has 0 bridgehead atoms. The van der Waals surface area contributed by atoms with E-state index < -0.39 is 30.0 Å². The van der Waals surface area contributed by atoms with E-state index in [-0.39, 0.29) is 12.1 Å². The van der Waals surface area contributed by atoms with Crippen LogP contribution in [0.3, 0.4) is 0 Å². The van der Waals surface area contributed by atoms with E-state index >= 15 is 0 Å². The van der Waals surface area contributed by atoms with Gasteiger partial charge in [0, 0.05) is 12.1 Å². The summed E-state index contributed by atoms with van der Waals surface area (Å²) in [5, 5.41) is 0. The molecule has 1 aromatic carbocycles. The molecule has 1 aromatic rings. The molecular weight excluding hydrogens is 299 g/mol. The first-order valence-corrected chi connectivity index (χ1v) is 7.68. The van der Waals surface area contributed by atoms with Crippen LogP contribution in [-0.2, 0) is 15.9 Å². The van der Waals surface area contributed by atoms with Crippen molar-refractivity contribution in [3.63, 3.8) is 0 Å². The first kappa shape index (κ1) is 18.1. The lowest BCUT2D eigenvalue weighted by Gasteiger charge is -2.32. The summed E-state index contributed by atoms with van der Waals surface area (Å²) in [7, 11) is 3.00. The van der Waals surface area contributed by atoms with Crippen LogP contribution in [0.15, 0.2) is 18.1 Å². The van der Waals surface area contributed by atoms with E-state index in [9.17, 15) is 8.78 Å². The molecule has 23 heavy (non-hydrogen) atoms. The van der Waals surface area contributed by atoms with Gasteiger partial charge in [-0.05, 0) is 59.5 Å². The second kappa shape index (κ2) is 6.34. The first-order valence-electron chi connectivity index (χ1n) is 7.68. The molecule has 0 saturated carbocycles. The Bertz CT molecular complexity index is 576. The molecule has 1 aliphatic rings. The number of rotatable bonds is 4. The normalized spacial score (nSPS) is 20.0. The molecule has 1 saturated heterocycles. The van der Waals surface area contributed by atoms with Gasteiger partial charge in [0.15, 0.2) is 0 Å². The Kier molecular flexibility index (Phi) is 4.99. The van der Waals surface area contributed by atoms with Gasteiger partial charge in [0.25, 0.3) is 0 Å². The second-order valence-electron chi connectivity index (χ2n) is 7.18. The first-order chi connectivity index (χ1) is 10.5. The van der Waals surface area contributed by atoms with Crippen molar-refractivity contribution in [1.82, 2.24) is 4.90 Å². The van der Waals surface area contributed by atoms with Gasteiger partial charge >= 0.3 is 7.12 Å². The number of hydrogen-bond acceptors (Lipinski definition) is 3. The maximum atomic E-state index is 14.1. The standard InChI is InChI=1S/C17H24BF2NO2/c1-16(2)17(3,4)23-18(22-16)8-7-12-9-14(19)13(11-21(5)6)15(20)10-12/h7-10H,11H2,1-6H3. The van der Waals surface area contributed by atoms with Crippen molar-refractivity contribution in [1.29, 1.82) is 0 Å². The fourth-order valence-corrected chi connectivity index (χ4v) is 2.34. The Labute approximate surface area is 137 Å². The van der Waals surface area contributed by atoms with Gasteiger partial charge in [-0.1, -0.05) is 12.1 Å². The Morgan fingerprint density at radius 3 is 1.96 bits per heavy atom. The summed E-state index contributed by atoms with van der Waals surface area (Å²) in [6.45, 7) is 8.04. The Morgan fingerprint density at radius 1 is 1.04 bits per heavy atom. The lowest BCUT2D eigenvalue weighted by atomic mass is 9.89. The molecule has 0 aromatic heterocycles. The topological polar surface area (TPSA) is 21.7 Å². The Morgan fingerprint density at radius 2 is 1.52 bits per heavy atom. The summed E-state index contributed by atoms with van der Waals surface area (Å²) in [6, 6.07) is 2.65. The molecule has 126 valence electrons. The van der Waals surface area contributed by atoms with Crippen molar-refractivity contribution in [2.45, 2.75) is 45.4 Å². The molecule has 6 heteroatoms. The van der Waals surface area contributed by atoms with Crippen molar-refractivity contribution in [3.05, 3.63) is 40.9 Å². The summed E-state index contributed by atoms with van der Waals surface area (Å²) < 4.78 is 39.7. The minimum atomic E-state index is -0.549. The summed E-state index contributed by atoms with van der Waals surface area (Å²) in [6.07, 6.45) is 1.62. The molecule has 0 N–H and O–H groups in total. The van der Waals surface area contributed by atoms with Crippen LogP contribution in [0.2, 0.25) is 0 Å². The van der Waals surface area contributed by atoms with Crippen LogP contribution in [0.4, 0.5) is 8.78 Å². The summed E-state index contributed by atoms with van der Waals surface area (Å²) in [5.41, 5.74) is -0.359. The minimum Gasteiger partial charge on any atom is -0.400 e. The third-order valence-electron chi connectivity index (χ3n) is 4.35. The highest BCUT2D eigenvalue weighted by Crippen LogP contribution is 2.37. The van der Waals surface area contributed by atoms with Gasteiger partial charge in [0.1, 0.15) is 11.6 Å². The van der Waals surface area contributed by atoms with Gasteiger partial charge in [-0.2, -0.15) is 0 Å². The van der Waals surface area contributed by atoms with Crippen LogP contribution in [0.5, 0.6) is 0 Å². The third kappa shape index (κ3) is 4.00. The van der Waals surface area contributed by atoms with Crippen molar-refractivity contribution in [2.24, 2.45) is 0 Å². The van der Waals surface area contributed by atoms with Gasteiger partial charge in [0.05, 0.1) is 11.2 Å².